The van der Waals surface area contributed by atoms with Gasteiger partial charge in [0.25, 0.3) is 5.91 Å². The zero-order valence-corrected chi connectivity index (χ0v) is 19.3. The largest absolute Gasteiger partial charge is 0.481 e. The Morgan fingerprint density at radius 2 is 1.82 bits per heavy atom. The van der Waals surface area contributed by atoms with Gasteiger partial charge in [-0.05, 0) is 60.9 Å². The van der Waals surface area contributed by atoms with Gasteiger partial charge in [0, 0.05) is 23.9 Å². The Morgan fingerprint density at radius 1 is 1.12 bits per heavy atom. The van der Waals surface area contributed by atoms with Crippen LogP contribution < -0.4 is 15.4 Å². The summed E-state index contributed by atoms with van der Waals surface area (Å²) in [6.45, 7) is 0.345. The summed E-state index contributed by atoms with van der Waals surface area (Å²) in [5.41, 5.74) is 6.93. The second-order valence-electron chi connectivity index (χ2n) is 8.11. The highest BCUT2D eigenvalue weighted by molar-refractivity contribution is 7.90. The molecule has 3 N–H and O–H groups in total. The van der Waals surface area contributed by atoms with Crippen LogP contribution in [0.25, 0.3) is 11.1 Å². The lowest BCUT2D eigenvalue weighted by Crippen LogP contribution is -2.47. The van der Waals surface area contributed by atoms with Crippen LogP contribution in [0.2, 0.25) is 0 Å². The molecule has 0 spiro atoms. The first-order valence-electron chi connectivity index (χ1n) is 10.7. The smallest absolute Gasteiger partial charge is 0.268 e. The second kappa shape index (κ2) is 9.26. The Bertz CT molecular complexity index is 1360. The van der Waals surface area contributed by atoms with Gasteiger partial charge < -0.3 is 15.4 Å². The number of halogens is 1. The van der Waals surface area contributed by atoms with Crippen molar-refractivity contribution in [2.24, 2.45) is 5.73 Å². The summed E-state index contributed by atoms with van der Waals surface area (Å²) in [6.07, 6.45) is 1.45. The maximum Gasteiger partial charge on any atom is 0.268 e. The standard InChI is InChI=1S/C25H24FN3O4S/c1-34(31,32)23-7-3-2-5-19(23)17-10-13-21(20(26)15-17)29-14-4-6-22(25(29)30)33-18-11-8-16(9-12-18)24(27)28/h2-3,5,7-13,15,22H,4,6,14H2,1H3,(H3,27,28). The van der Waals surface area contributed by atoms with E-state index in [1.165, 1.54) is 23.1 Å². The monoisotopic (exact) mass is 481 g/mol. The highest BCUT2D eigenvalue weighted by Gasteiger charge is 2.33. The number of rotatable bonds is 6. The number of nitrogens with two attached hydrogens (primary N) is 1. The molecule has 0 bridgehead atoms. The Morgan fingerprint density at radius 3 is 2.47 bits per heavy atom. The predicted octanol–water partition coefficient (Wildman–Crippen LogP) is 3.75. The van der Waals surface area contributed by atoms with Gasteiger partial charge in [-0.1, -0.05) is 24.3 Å². The summed E-state index contributed by atoms with van der Waals surface area (Å²) in [4.78, 5) is 14.6. The van der Waals surface area contributed by atoms with Gasteiger partial charge >= 0.3 is 0 Å². The SMILES string of the molecule is CS(=O)(=O)c1ccccc1-c1ccc(N2CCCC(Oc3ccc(C(=N)N)cc3)C2=O)c(F)c1. The molecule has 1 unspecified atom stereocenters. The van der Waals surface area contributed by atoms with Crippen molar-refractivity contribution >= 4 is 27.3 Å². The normalized spacial score (nSPS) is 16.4. The molecule has 0 saturated carbocycles. The lowest BCUT2D eigenvalue weighted by atomic mass is 10.0. The van der Waals surface area contributed by atoms with Crippen molar-refractivity contribution in [2.45, 2.75) is 23.8 Å². The Kier molecular flexibility index (Phi) is 6.39. The van der Waals surface area contributed by atoms with Crippen LogP contribution in [0, 0.1) is 11.2 Å². The lowest BCUT2D eigenvalue weighted by Gasteiger charge is -2.32. The molecule has 176 valence electrons. The molecule has 1 aliphatic heterocycles. The molecule has 1 atom stereocenters. The van der Waals surface area contributed by atoms with Crippen molar-refractivity contribution in [2.75, 3.05) is 17.7 Å². The predicted molar refractivity (Wildman–Crippen MR) is 128 cm³/mol. The first kappa shape index (κ1) is 23.4. The minimum Gasteiger partial charge on any atom is -0.481 e. The topological polar surface area (TPSA) is 114 Å². The van der Waals surface area contributed by atoms with Crippen molar-refractivity contribution < 1.29 is 22.3 Å². The van der Waals surface area contributed by atoms with Crippen molar-refractivity contribution in [1.29, 1.82) is 5.41 Å². The van der Waals surface area contributed by atoms with Gasteiger partial charge in [-0.25, -0.2) is 12.8 Å². The van der Waals surface area contributed by atoms with E-state index in [-0.39, 0.29) is 22.3 Å². The first-order valence-corrected chi connectivity index (χ1v) is 12.6. The maximum atomic E-state index is 15.2. The molecule has 0 aromatic heterocycles. The van der Waals surface area contributed by atoms with E-state index >= 15 is 4.39 Å². The average Bonchev–Trinajstić information content (AvgIpc) is 2.80. The van der Waals surface area contributed by atoms with E-state index in [4.69, 9.17) is 15.9 Å². The number of ether oxygens (including phenoxy) is 1. The van der Waals surface area contributed by atoms with Gasteiger partial charge in [-0.3, -0.25) is 10.2 Å². The number of sulfone groups is 1. The summed E-state index contributed by atoms with van der Waals surface area (Å²) < 4.78 is 45.3. The van der Waals surface area contributed by atoms with Gasteiger partial charge in [0.1, 0.15) is 17.4 Å². The molecule has 7 nitrogen and oxygen atoms in total. The van der Waals surface area contributed by atoms with Gasteiger partial charge in [-0.15, -0.1) is 0 Å². The first-order chi connectivity index (χ1) is 16.1. The van der Waals surface area contributed by atoms with Gasteiger partial charge in [0.2, 0.25) is 0 Å². The number of nitrogens with one attached hydrogen (secondary N) is 1. The summed E-state index contributed by atoms with van der Waals surface area (Å²) in [5.74, 6) is -0.589. The van der Waals surface area contributed by atoms with Crippen LogP contribution in [-0.4, -0.2) is 39.1 Å². The molecular weight excluding hydrogens is 457 g/mol. The molecule has 9 heteroatoms. The number of piperidine rings is 1. The van der Waals surface area contributed by atoms with Crippen LogP contribution in [-0.2, 0) is 14.6 Å². The van der Waals surface area contributed by atoms with E-state index in [2.05, 4.69) is 0 Å². The molecule has 1 saturated heterocycles. The van der Waals surface area contributed by atoms with Crippen molar-refractivity contribution in [3.63, 3.8) is 0 Å². The fraction of sp³-hybridized carbons (Fsp3) is 0.200. The number of hydrogen-bond donors (Lipinski definition) is 2. The minimum absolute atomic E-state index is 0.0652. The molecule has 1 heterocycles. The molecule has 1 aliphatic rings. The molecule has 0 radical (unpaired) electrons. The highest BCUT2D eigenvalue weighted by Crippen LogP contribution is 2.32. The van der Waals surface area contributed by atoms with Gasteiger partial charge in [0.05, 0.1) is 10.6 Å². The van der Waals surface area contributed by atoms with E-state index < -0.39 is 21.8 Å². The molecule has 4 rings (SSSR count). The number of hydrogen-bond acceptors (Lipinski definition) is 5. The lowest BCUT2D eigenvalue weighted by molar-refractivity contribution is -0.127. The highest BCUT2D eigenvalue weighted by atomic mass is 32.2. The summed E-state index contributed by atoms with van der Waals surface area (Å²) in [6, 6.07) is 17.3. The molecule has 0 aliphatic carbocycles. The van der Waals surface area contributed by atoms with Crippen LogP contribution in [0.1, 0.15) is 18.4 Å². The average molecular weight is 482 g/mol. The number of nitrogen functional groups attached to an aromatic ring is 1. The van der Waals surface area contributed by atoms with E-state index in [0.29, 0.717) is 41.8 Å². The zero-order chi connectivity index (χ0) is 24.5. The number of anilines is 1. The van der Waals surface area contributed by atoms with E-state index in [0.717, 1.165) is 6.26 Å². The van der Waals surface area contributed by atoms with Crippen LogP contribution in [0.4, 0.5) is 10.1 Å². The third-order valence-corrected chi connectivity index (χ3v) is 6.82. The molecule has 3 aromatic carbocycles. The number of nitrogens with zero attached hydrogens (tertiary/aromatic N) is 1. The van der Waals surface area contributed by atoms with Crippen molar-refractivity contribution in [3.05, 3.63) is 78.1 Å². The van der Waals surface area contributed by atoms with Crippen molar-refractivity contribution in [1.82, 2.24) is 0 Å². The molecule has 3 aromatic rings. The summed E-state index contributed by atoms with van der Waals surface area (Å²) in [5, 5.41) is 7.46. The fourth-order valence-corrected chi connectivity index (χ4v) is 4.90. The van der Waals surface area contributed by atoms with E-state index in [1.807, 2.05) is 0 Å². The molecule has 1 fully saturated rings. The number of amidine groups is 1. The third-order valence-electron chi connectivity index (χ3n) is 5.67. The number of carbonyl (C=O) groups excluding carboxylic acids is 1. The van der Waals surface area contributed by atoms with E-state index in [9.17, 15) is 13.2 Å². The summed E-state index contributed by atoms with van der Waals surface area (Å²) in [7, 11) is -3.50. The van der Waals surface area contributed by atoms with Crippen molar-refractivity contribution in [3.8, 4) is 16.9 Å². The number of carbonyl (C=O) groups is 1. The van der Waals surface area contributed by atoms with Crippen LogP contribution >= 0.6 is 0 Å². The van der Waals surface area contributed by atoms with Gasteiger partial charge in [-0.2, -0.15) is 0 Å². The van der Waals surface area contributed by atoms with Crippen LogP contribution in [0.3, 0.4) is 0 Å². The Balaban J connectivity index is 1.58. The molecular formula is C25H24FN3O4S. The Hall–Kier alpha value is -3.72. The summed E-state index contributed by atoms with van der Waals surface area (Å²) >= 11 is 0. The minimum atomic E-state index is -3.50. The van der Waals surface area contributed by atoms with E-state index in [1.54, 1.807) is 48.5 Å². The van der Waals surface area contributed by atoms with Crippen LogP contribution in [0.15, 0.2) is 71.6 Å². The molecule has 1 amide bonds. The third kappa shape index (κ3) is 4.79. The number of benzene rings is 3. The fourth-order valence-electron chi connectivity index (χ4n) is 3.99. The van der Waals surface area contributed by atoms with Crippen LogP contribution in [0.5, 0.6) is 5.75 Å². The molecule has 34 heavy (non-hydrogen) atoms. The van der Waals surface area contributed by atoms with Gasteiger partial charge in [0.15, 0.2) is 15.9 Å². The number of amides is 1. The Labute approximate surface area is 197 Å². The quantitative estimate of drug-likeness (QED) is 0.411. The maximum absolute atomic E-state index is 15.2. The second-order valence-corrected chi connectivity index (χ2v) is 10.1. The zero-order valence-electron chi connectivity index (χ0n) is 18.5.